The van der Waals surface area contributed by atoms with E-state index in [1.165, 1.54) is 5.56 Å². The molecule has 2 N–H and O–H groups in total. The van der Waals surface area contributed by atoms with Crippen molar-refractivity contribution in [3.05, 3.63) is 23.9 Å². The van der Waals surface area contributed by atoms with Crippen molar-refractivity contribution in [3.8, 4) is 0 Å². The van der Waals surface area contributed by atoms with Crippen LogP contribution in [-0.2, 0) is 11.2 Å². The number of aromatic nitrogens is 1. The van der Waals surface area contributed by atoms with E-state index in [-0.39, 0.29) is 6.04 Å². The Morgan fingerprint density at radius 2 is 2.38 bits per heavy atom. The summed E-state index contributed by atoms with van der Waals surface area (Å²) < 4.78 is 5.03. The maximum absolute atomic E-state index is 5.97. The molecule has 90 valence electrons. The molecule has 0 saturated carbocycles. The molecule has 1 atom stereocenters. The Bertz CT molecular complexity index is 307. The van der Waals surface area contributed by atoms with Crippen LogP contribution in [0.2, 0.25) is 0 Å². The zero-order chi connectivity index (χ0) is 11.8. The standard InChI is InChI=1S/C12H20N2OS/c1-3-11(13)9-10-5-4-6-14-12(10)16-8-7-15-2/h4-6,11H,3,7-9,13H2,1-2H3. The van der Waals surface area contributed by atoms with Crippen molar-refractivity contribution in [2.24, 2.45) is 5.73 Å². The van der Waals surface area contributed by atoms with Gasteiger partial charge in [0.25, 0.3) is 0 Å². The van der Waals surface area contributed by atoms with Gasteiger partial charge in [-0.3, -0.25) is 0 Å². The van der Waals surface area contributed by atoms with E-state index in [0.717, 1.165) is 30.2 Å². The number of thioether (sulfide) groups is 1. The van der Waals surface area contributed by atoms with Crippen LogP contribution in [0, 0.1) is 0 Å². The van der Waals surface area contributed by atoms with Crippen LogP contribution in [0.3, 0.4) is 0 Å². The molecule has 4 heteroatoms. The number of ether oxygens (including phenoxy) is 1. The molecule has 0 fully saturated rings. The minimum Gasteiger partial charge on any atom is -0.384 e. The van der Waals surface area contributed by atoms with Crippen LogP contribution in [0.1, 0.15) is 18.9 Å². The molecule has 0 amide bonds. The molecular formula is C12H20N2OS. The molecule has 0 radical (unpaired) electrons. The molecule has 1 aromatic heterocycles. The largest absolute Gasteiger partial charge is 0.384 e. The van der Waals surface area contributed by atoms with Gasteiger partial charge in [0, 0.05) is 25.1 Å². The first-order valence-corrected chi connectivity index (χ1v) is 6.57. The Labute approximate surface area is 102 Å². The van der Waals surface area contributed by atoms with Gasteiger partial charge in [-0.2, -0.15) is 0 Å². The molecule has 1 rings (SSSR count). The first kappa shape index (κ1) is 13.5. The molecule has 0 aromatic carbocycles. The fourth-order valence-corrected chi connectivity index (χ4v) is 2.27. The maximum Gasteiger partial charge on any atom is 0.0993 e. The topological polar surface area (TPSA) is 48.1 Å². The van der Waals surface area contributed by atoms with E-state index in [2.05, 4.69) is 18.0 Å². The molecule has 0 aliphatic heterocycles. The van der Waals surface area contributed by atoms with E-state index in [4.69, 9.17) is 10.5 Å². The third kappa shape index (κ3) is 4.51. The van der Waals surface area contributed by atoms with Gasteiger partial charge in [-0.15, -0.1) is 11.8 Å². The van der Waals surface area contributed by atoms with Crippen molar-refractivity contribution in [2.75, 3.05) is 19.5 Å². The molecule has 0 aliphatic rings. The van der Waals surface area contributed by atoms with E-state index in [1.807, 2.05) is 12.3 Å². The highest BCUT2D eigenvalue weighted by Crippen LogP contribution is 2.21. The molecule has 0 aliphatic carbocycles. The Morgan fingerprint density at radius 3 is 3.06 bits per heavy atom. The molecule has 16 heavy (non-hydrogen) atoms. The summed E-state index contributed by atoms with van der Waals surface area (Å²) in [7, 11) is 1.72. The normalized spacial score (nSPS) is 12.7. The average Bonchev–Trinajstić information content (AvgIpc) is 2.31. The number of pyridine rings is 1. The summed E-state index contributed by atoms with van der Waals surface area (Å²) in [5, 5.41) is 1.09. The monoisotopic (exact) mass is 240 g/mol. The maximum atomic E-state index is 5.97. The van der Waals surface area contributed by atoms with Gasteiger partial charge in [-0.05, 0) is 24.5 Å². The number of methoxy groups -OCH3 is 1. The second kappa shape index (κ2) is 7.65. The van der Waals surface area contributed by atoms with Crippen molar-refractivity contribution < 1.29 is 4.74 Å². The lowest BCUT2D eigenvalue weighted by molar-refractivity contribution is 0.218. The van der Waals surface area contributed by atoms with Gasteiger partial charge in [0.05, 0.1) is 11.6 Å². The third-order valence-electron chi connectivity index (χ3n) is 2.38. The van der Waals surface area contributed by atoms with Crippen molar-refractivity contribution >= 4 is 11.8 Å². The highest BCUT2D eigenvalue weighted by Gasteiger charge is 2.07. The van der Waals surface area contributed by atoms with Crippen LogP contribution in [-0.4, -0.2) is 30.5 Å². The van der Waals surface area contributed by atoms with Gasteiger partial charge in [0.15, 0.2) is 0 Å². The van der Waals surface area contributed by atoms with Gasteiger partial charge in [-0.25, -0.2) is 4.98 Å². The Morgan fingerprint density at radius 1 is 1.56 bits per heavy atom. The average molecular weight is 240 g/mol. The van der Waals surface area contributed by atoms with Crippen molar-refractivity contribution in [1.29, 1.82) is 0 Å². The zero-order valence-electron chi connectivity index (χ0n) is 9.98. The Kier molecular flexibility index (Phi) is 6.45. The first-order chi connectivity index (χ1) is 7.77. The van der Waals surface area contributed by atoms with E-state index in [9.17, 15) is 0 Å². The van der Waals surface area contributed by atoms with Crippen LogP contribution >= 0.6 is 11.8 Å². The van der Waals surface area contributed by atoms with Crippen LogP contribution < -0.4 is 5.73 Å². The van der Waals surface area contributed by atoms with Gasteiger partial charge in [0.2, 0.25) is 0 Å². The number of rotatable bonds is 7. The highest BCUT2D eigenvalue weighted by molar-refractivity contribution is 7.99. The molecule has 0 bridgehead atoms. The van der Waals surface area contributed by atoms with Crippen molar-refractivity contribution in [1.82, 2.24) is 4.98 Å². The first-order valence-electron chi connectivity index (χ1n) is 5.59. The zero-order valence-corrected chi connectivity index (χ0v) is 10.8. The van der Waals surface area contributed by atoms with E-state index in [0.29, 0.717) is 0 Å². The molecule has 3 nitrogen and oxygen atoms in total. The van der Waals surface area contributed by atoms with Gasteiger partial charge >= 0.3 is 0 Å². The summed E-state index contributed by atoms with van der Waals surface area (Å²) >= 11 is 1.73. The van der Waals surface area contributed by atoms with E-state index >= 15 is 0 Å². The predicted molar refractivity (Wildman–Crippen MR) is 68.8 cm³/mol. The lowest BCUT2D eigenvalue weighted by Gasteiger charge is -2.11. The lowest BCUT2D eigenvalue weighted by atomic mass is 10.1. The van der Waals surface area contributed by atoms with E-state index in [1.54, 1.807) is 18.9 Å². The van der Waals surface area contributed by atoms with Crippen LogP contribution in [0.25, 0.3) is 0 Å². The lowest BCUT2D eigenvalue weighted by Crippen LogP contribution is -2.21. The summed E-state index contributed by atoms with van der Waals surface area (Å²) in [5.41, 5.74) is 7.22. The molecule has 1 heterocycles. The predicted octanol–water partition coefficient (Wildman–Crippen LogP) is 2.10. The third-order valence-corrected chi connectivity index (χ3v) is 3.39. The van der Waals surface area contributed by atoms with Crippen LogP contribution in [0.15, 0.2) is 23.4 Å². The molecule has 0 spiro atoms. The summed E-state index contributed by atoms with van der Waals surface area (Å²) in [6.07, 6.45) is 3.73. The number of hydrogen-bond donors (Lipinski definition) is 1. The van der Waals surface area contributed by atoms with Crippen LogP contribution in [0.4, 0.5) is 0 Å². The smallest absolute Gasteiger partial charge is 0.0993 e. The van der Waals surface area contributed by atoms with E-state index < -0.39 is 0 Å². The summed E-state index contributed by atoms with van der Waals surface area (Å²) in [6, 6.07) is 4.31. The SMILES string of the molecule is CCC(N)Cc1cccnc1SCCOC. The Hall–Kier alpha value is -0.580. The fourth-order valence-electron chi connectivity index (χ4n) is 1.36. The molecule has 1 aromatic rings. The highest BCUT2D eigenvalue weighted by atomic mass is 32.2. The van der Waals surface area contributed by atoms with Gasteiger partial charge in [0.1, 0.15) is 0 Å². The van der Waals surface area contributed by atoms with Gasteiger partial charge in [-0.1, -0.05) is 13.0 Å². The van der Waals surface area contributed by atoms with Gasteiger partial charge < -0.3 is 10.5 Å². The minimum absolute atomic E-state index is 0.228. The minimum atomic E-state index is 0.228. The van der Waals surface area contributed by atoms with Crippen LogP contribution in [0.5, 0.6) is 0 Å². The Balaban J connectivity index is 2.60. The molecular weight excluding hydrogens is 220 g/mol. The quantitative estimate of drug-likeness (QED) is 0.586. The molecule has 0 saturated heterocycles. The number of hydrogen-bond acceptors (Lipinski definition) is 4. The fraction of sp³-hybridized carbons (Fsp3) is 0.583. The second-order valence-corrected chi connectivity index (χ2v) is 4.77. The second-order valence-electron chi connectivity index (χ2n) is 3.68. The summed E-state index contributed by atoms with van der Waals surface area (Å²) in [5.74, 6) is 0.932. The number of nitrogens with two attached hydrogens (primary N) is 1. The van der Waals surface area contributed by atoms with Crippen molar-refractivity contribution in [3.63, 3.8) is 0 Å². The summed E-state index contributed by atoms with van der Waals surface area (Å²) in [6.45, 7) is 2.86. The summed E-state index contributed by atoms with van der Waals surface area (Å²) in [4.78, 5) is 4.39. The molecule has 1 unspecified atom stereocenters. The van der Waals surface area contributed by atoms with Crippen molar-refractivity contribution in [2.45, 2.75) is 30.8 Å². The number of nitrogens with zero attached hydrogens (tertiary/aromatic N) is 1.